The molecule has 2 aromatic rings. The normalized spacial score (nSPS) is 16.1. The molecule has 5 nitrogen and oxygen atoms in total. The van der Waals surface area contributed by atoms with Gasteiger partial charge < -0.3 is 9.73 Å². The highest BCUT2D eigenvalue weighted by atomic mass is 16.4. The first-order valence-electron chi connectivity index (χ1n) is 9.07. The Balaban J connectivity index is 1.58. The summed E-state index contributed by atoms with van der Waals surface area (Å²) in [6.45, 7) is 9.03. The van der Waals surface area contributed by atoms with E-state index in [2.05, 4.69) is 22.1 Å². The molecule has 1 saturated heterocycles. The SMILES string of the molecule is Cc1cccc(-c2nc(CC(=O)NCC(C)N3CCCC3)c(C)o2)c1. The van der Waals surface area contributed by atoms with E-state index < -0.39 is 0 Å². The molecule has 0 spiro atoms. The molecule has 0 saturated carbocycles. The number of hydrogen-bond acceptors (Lipinski definition) is 4. The molecule has 1 atom stereocenters. The molecule has 1 fully saturated rings. The average molecular weight is 341 g/mol. The van der Waals surface area contributed by atoms with Crippen LogP contribution in [0, 0.1) is 13.8 Å². The second kappa shape index (κ2) is 7.83. The third-order valence-corrected chi connectivity index (χ3v) is 4.84. The summed E-state index contributed by atoms with van der Waals surface area (Å²) in [5.41, 5.74) is 2.81. The third kappa shape index (κ3) is 4.48. The second-order valence-corrected chi connectivity index (χ2v) is 6.96. The number of likely N-dealkylation sites (tertiary alicyclic amines) is 1. The van der Waals surface area contributed by atoms with Gasteiger partial charge in [0.15, 0.2) is 0 Å². The van der Waals surface area contributed by atoms with Crippen LogP contribution in [0.2, 0.25) is 0 Å². The highest BCUT2D eigenvalue weighted by Crippen LogP contribution is 2.22. The molecule has 3 rings (SSSR count). The van der Waals surface area contributed by atoms with Crippen molar-refractivity contribution in [3.63, 3.8) is 0 Å². The molecule has 1 aliphatic heterocycles. The predicted octanol–water partition coefficient (Wildman–Crippen LogP) is 3.10. The highest BCUT2D eigenvalue weighted by molar-refractivity contribution is 5.78. The number of benzene rings is 1. The average Bonchev–Trinajstić information content (AvgIpc) is 3.23. The molecule has 0 radical (unpaired) electrons. The van der Waals surface area contributed by atoms with E-state index in [1.165, 1.54) is 12.8 Å². The Hall–Kier alpha value is -2.14. The fourth-order valence-electron chi connectivity index (χ4n) is 3.28. The second-order valence-electron chi connectivity index (χ2n) is 6.96. The van der Waals surface area contributed by atoms with Crippen LogP contribution < -0.4 is 5.32 Å². The number of amides is 1. The van der Waals surface area contributed by atoms with Crippen molar-refractivity contribution < 1.29 is 9.21 Å². The minimum absolute atomic E-state index is 0.00163. The van der Waals surface area contributed by atoms with Gasteiger partial charge in [-0.2, -0.15) is 0 Å². The van der Waals surface area contributed by atoms with Gasteiger partial charge in [-0.1, -0.05) is 17.7 Å². The summed E-state index contributed by atoms with van der Waals surface area (Å²) in [7, 11) is 0. The summed E-state index contributed by atoms with van der Waals surface area (Å²) in [6.07, 6.45) is 2.78. The molecule has 0 bridgehead atoms. The van der Waals surface area contributed by atoms with E-state index in [0.717, 1.165) is 24.2 Å². The first-order valence-corrected chi connectivity index (χ1v) is 9.07. The lowest BCUT2D eigenvalue weighted by molar-refractivity contribution is -0.120. The molecule has 25 heavy (non-hydrogen) atoms. The van der Waals surface area contributed by atoms with Gasteiger partial charge in [0, 0.05) is 18.2 Å². The fourth-order valence-corrected chi connectivity index (χ4v) is 3.28. The van der Waals surface area contributed by atoms with Gasteiger partial charge >= 0.3 is 0 Å². The Bertz CT molecular complexity index is 732. The van der Waals surface area contributed by atoms with Crippen LogP contribution in [-0.2, 0) is 11.2 Å². The Labute approximate surface area is 149 Å². The third-order valence-electron chi connectivity index (χ3n) is 4.84. The van der Waals surface area contributed by atoms with Crippen LogP contribution in [0.5, 0.6) is 0 Å². The fraction of sp³-hybridized carbons (Fsp3) is 0.500. The Kier molecular flexibility index (Phi) is 5.53. The van der Waals surface area contributed by atoms with Crippen molar-refractivity contribution in [2.45, 2.75) is 46.1 Å². The van der Waals surface area contributed by atoms with Gasteiger partial charge in [-0.05, 0) is 58.8 Å². The molecule has 1 aromatic carbocycles. The van der Waals surface area contributed by atoms with E-state index in [-0.39, 0.29) is 12.3 Å². The van der Waals surface area contributed by atoms with Crippen LogP contribution in [-0.4, -0.2) is 41.5 Å². The lowest BCUT2D eigenvalue weighted by atomic mass is 10.1. The van der Waals surface area contributed by atoms with E-state index in [1.54, 1.807) is 0 Å². The smallest absolute Gasteiger partial charge is 0.226 e. The zero-order chi connectivity index (χ0) is 17.8. The largest absolute Gasteiger partial charge is 0.441 e. The monoisotopic (exact) mass is 341 g/mol. The lowest BCUT2D eigenvalue weighted by Gasteiger charge is -2.23. The molecule has 1 aliphatic rings. The van der Waals surface area contributed by atoms with Crippen LogP contribution in [0.3, 0.4) is 0 Å². The van der Waals surface area contributed by atoms with Crippen molar-refractivity contribution in [1.29, 1.82) is 0 Å². The van der Waals surface area contributed by atoms with Crippen molar-refractivity contribution in [2.75, 3.05) is 19.6 Å². The van der Waals surface area contributed by atoms with Crippen LogP contribution in [0.25, 0.3) is 11.5 Å². The number of nitrogens with one attached hydrogen (secondary N) is 1. The number of aromatic nitrogens is 1. The number of nitrogens with zero attached hydrogens (tertiary/aromatic N) is 2. The lowest BCUT2D eigenvalue weighted by Crippen LogP contribution is -2.41. The van der Waals surface area contributed by atoms with Crippen molar-refractivity contribution in [3.8, 4) is 11.5 Å². The predicted molar refractivity (Wildman–Crippen MR) is 98.4 cm³/mol. The molecule has 1 unspecified atom stereocenters. The van der Waals surface area contributed by atoms with Crippen molar-refractivity contribution in [3.05, 3.63) is 41.3 Å². The number of rotatable bonds is 6. The number of carbonyl (C=O) groups excluding carboxylic acids is 1. The first-order chi connectivity index (χ1) is 12.0. The maximum absolute atomic E-state index is 12.3. The van der Waals surface area contributed by atoms with Gasteiger partial charge in [0.25, 0.3) is 0 Å². The quantitative estimate of drug-likeness (QED) is 0.877. The minimum atomic E-state index is -0.00163. The van der Waals surface area contributed by atoms with Gasteiger partial charge in [-0.15, -0.1) is 0 Å². The van der Waals surface area contributed by atoms with Crippen molar-refractivity contribution in [2.24, 2.45) is 0 Å². The van der Waals surface area contributed by atoms with Crippen LogP contribution in [0.4, 0.5) is 0 Å². The van der Waals surface area contributed by atoms with Gasteiger partial charge in [0.1, 0.15) is 5.76 Å². The van der Waals surface area contributed by atoms with Crippen LogP contribution >= 0.6 is 0 Å². The molecule has 0 aliphatic carbocycles. The molecular formula is C20H27N3O2. The van der Waals surface area contributed by atoms with Gasteiger partial charge in [-0.3, -0.25) is 9.69 Å². The molecule has 134 valence electrons. The zero-order valence-corrected chi connectivity index (χ0v) is 15.3. The van der Waals surface area contributed by atoms with E-state index in [9.17, 15) is 4.79 Å². The summed E-state index contributed by atoms with van der Waals surface area (Å²) < 4.78 is 5.76. The van der Waals surface area contributed by atoms with Gasteiger partial charge in [0.2, 0.25) is 11.8 Å². The zero-order valence-electron chi connectivity index (χ0n) is 15.3. The maximum atomic E-state index is 12.3. The molecule has 1 aromatic heterocycles. The van der Waals surface area contributed by atoms with Crippen molar-refractivity contribution in [1.82, 2.24) is 15.2 Å². The van der Waals surface area contributed by atoms with E-state index >= 15 is 0 Å². The summed E-state index contributed by atoms with van der Waals surface area (Å²) >= 11 is 0. The first kappa shape index (κ1) is 17.7. The summed E-state index contributed by atoms with van der Waals surface area (Å²) in [5.74, 6) is 1.28. The maximum Gasteiger partial charge on any atom is 0.226 e. The Morgan fingerprint density at radius 1 is 1.32 bits per heavy atom. The van der Waals surface area contributed by atoms with E-state index in [4.69, 9.17) is 4.42 Å². The Morgan fingerprint density at radius 2 is 2.08 bits per heavy atom. The van der Waals surface area contributed by atoms with E-state index in [1.807, 2.05) is 38.1 Å². The molecule has 5 heteroatoms. The summed E-state index contributed by atoms with van der Waals surface area (Å²) in [4.78, 5) is 19.2. The molecule has 1 N–H and O–H groups in total. The number of aryl methyl sites for hydroxylation is 2. The van der Waals surface area contributed by atoms with E-state index in [0.29, 0.717) is 29.9 Å². The van der Waals surface area contributed by atoms with Crippen LogP contribution in [0.1, 0.15) is 36.8 Å². The summed E-state index contributed by atoms with van der Waals surface area (Å²) in [6, 6.07) is 8.41. The summed E-state index contributed by atoms with van der Waals surface area (Å²) in [5, 5.41) is 3.03. The van der Waals surface area contributed by atoms with Gasteiger partial charge in [-0.25, -0.2) is 4.98 Å². The highest BCUT2D eigenvalue weighted by Gasteiger charge is 2.19. The van der Waals surface area contributed by atoms with Gasteiger partial charge in [0.05, 0.1) is 12.1 Å². The number of carbonyl (C=O) groups is 1. The topological polar surface area (TPSA) is 58.4 Å². The standard InChI is InChI=1S/C20H27N3O2/c1-14-7-6-8-17(11-14)20-22-18(16(3)25-20)12-19(24)21-13-15(2)23-9-4-5-10-23/h6-8,11,15H,4-5,9-10,12-13H2,1-3H3,(H,21,24). The molecule has 1 amide bonds. The number of hydrogen-bond donors (Lipinski definition) is 1. The molecule has 2 heterocycles. The van der Waals surface area contributed by atoms with Crippen LogP contribution in [0.15, 0.2) is 28.7 Å². The Morgan fingerprint density at radius 3 is 2.80 bits per heavy atom. The van der Waals surface area contributed by atoms with Crippen molar-refractivity contribution >= 4 is 5.91 Å². The number of oxazole rings is 1. The minimum Gasteiger partial charge on any atom is -0.441 e. The molecular weight excluding hydrogens is 314 g/mol.